The van der Waals surface area contributed by atoms with E-state index in [4.69, 9.17) is 0 Å². The van der Waals surface area contributed by atoms with Gasteiger partial charge in [-0.15, -0.1) is 0 Å². The van der Waals surface area contributed by atoms with Crippen LogP contribution in [-0.4, -0.2) is 15.9 Å². The summed E-state index contributed by atoms with van der Waals surface area (Å²) in [4.78, 5) is 13.6. The van der Waals surface area contributed by atoms with Crippen LogP contribution in [0.3, 0.4) is 0 Å². The van der Waals surface area contributed by atoms with Gasteiger partial charge in [0.2, 0.25) is 6.08 Å². The summed E-state index contributed by atoms with van der Waals surface area (Å²) in [5.41, 5.74) is 2.67. The molecule has 0 unspecified atom stereocenters. The molecule has 4 nitrogen and oxygen atoms in total. The van der Waals surface area contributed by atoms with Crippen molar-refractivity contribution >= 4 is 11.8 Å². The number of hydrogen-bond acceptors (Lipinski definition) is 3. The summed E-state index contributed by atoms with van der Waals surface area (Å²) in [6, 6.07) is 9.26. The minimum absolute atomic E-state index is 0.607. The van der Waals surface area contributed by atoms with E-state index in [9.17, 15) is 4.79 Å². The van der Waals surface area contributed by atoms with Crippen LogP contribution >= 0.6 is 0 Å². The van der Waals surface area contributed by atoms with Crippen LogP contribution in [0.5, 0.6) is 0 Å². The first-order valence-electron chi connectivity index (χ1n) is 4.47. The van der Waals surface area contributed by atoms with Gasteiger partial charge >= 0.3 is 0 Å². The zero-order chi connectivity index (χ0) is 10.7. The molecule has 1 aromatic carbocycles. The third-order valence-corrected chi connectivity index (χ3v) is 2.16. The smallest absolute Gasteiger partial charge is 0.240 e. The van der Waals surface area contributed by atoms with Crippen molar-refractivity contribution in [1.82, 2.24) is 9.78 Å². The van der Waals surface area contributed by atoms with Gasteiger partial charge in [-0.25, -0.2) is 4.79 Å². The van der Waals surface area contributed by atoms with Gasteiger partial charge in [0.1, 0.15) is 0 Å². The Kier molecular flexibility index (Phi) is 2.44. The molecule has 0 atom stereocenters. The average Bonchev–Trinajstić information content (AvgIpc) is 2.66. The van der Waals surface area contributed by atoms with Crippen molar-refractivity contribution in [2.24, 2.45) is 12.0 Å². The summed E-state index contributed by atoms with van der Waals surface area (Å²) in [6.07, 6.45) is 3.25. The van der Waals surface area contributed by atoms with E-state index in [1.807, 2.05) is 25.2 Å². The Labute approximate surface area is 86.9 Å². The second kappa shape index (κ2) is 3.90. The van der Waals surface area contributed by atoms with Crippen molar-refractivity contribution in [3.63, 3.8) is 0 Å². The molecule has 74 valence electrons. The Bertz CT molecular complexity index is 507. The van der Waals surface area contributed by atoms with E-state index in [2.05, 4.69) is 10.1 Å². The van der Waals surface area contributed by atoms with Crippen molar-refractivity contribution in [1.29, 1.82) is 0 Å². The Morgan fingerprint density at radius 3 is 2.53 bits per heavy atom. The number of rotatable bonds is 2. The Morgan fingerprint density at radius 2 is 2.00 bits per heavy atom. The molecule has 0 spiro atoms. The SMILES string of the molecule is Cn1nccc1-c1ccc(N=C=O)cc1. The number of hydrogen-bond donors (Lipinski definition) is 0. The van der Waals surface area contributed by atoms with E-state index in [-0.39, 0.29) is 0 Å². The zero-order valence-electron chi connectivity index (χ0n) is 8.21. The molecule has 1 heterocycles. The number of aryl methyl sites for hydroxylation is 1. The Morgan fingerprint density at radius 1 is 1.27 bits per heavy atom. The first kappa shape index (κ1) is 9.37. The number of aromatic nitrogens is 2. The standard InChI is InChI=1S/C11H9N3O/c1-14-11(6-7-13-14)9-2-4-10(5-3-9)12-8-15/h2-7H,1H3. The van der Waals surface area contributed by atoms with Gasteiger partial charge < -0.3 is 0 Å². The van der Waals surface area contributed by atoms with Crippen LogP contribution in [0.1, 0.15) is 0 Å². The van der Waals surface area contributed by atoms with E-state index in [1.165, 1.54) is 6.08 Å². The molecule has 4 heteroatoms. The minimum atomic E-state index is 0.607. The van der Waals surface area contributed by atoms with Crippen molar-refractivity contribution in [3.8, 4) is 11.3 Å². The molecule has 0 N–H and O–H groups in total. The highest BCUT2D eigenvalue weighted by Crippen LogP contribution is 2.21. The molecular weight excluding hydrogens is 190 g/mol. The van der Waals surface area contributed by atoms with E-state index in [1.54, 1.807) is 23.0 Å². The fourth-order valence-electron chi connectivity index (χ4n) is 1.42. The fourth-order valence-corrected chi connectivity index (χ4v) is 1.42. The van der Waals surface area contributed by atoms with E-state index < -0.39 is 0 Å². The van der Waals surface area contributed by atoms with Gasteiger partial charge in [0.15, 0.2) is 0 Å². The minimum Gasteiger partial charge on any atom is -0.268 e. The van der Waals surface area contributed by atoms with Gasteiger partial charge in [0.05, 0.1) is 11.4 Å². The molecule has 0 amide bonds. The average molecular weight is 199 g/mol. The van der Waals surface area contributed by atoms with Crippen molar-refractivity contribution < 1.29 is 4.79 Å². The molecule has 15 heavy (non-hydrogen) atoms. The van der Waals surface area contributed by atoms with E-state index in [0.717, 1.165) is 11.3 Å². The number of nitrogens with zero attached hydrogens (tertiary/aromatic N) is 3. The first-order valence-corrected chi connectivity index (χ1v) is 4.47. The molecule has 2 aromatic rings. The lowest BCUT2D eigenvalue weighted by atomic mass is 10.1. The van der Waals surface area contributed by atoms with Gasteiger partial charge in [-0.05, 0) is 23.8 Å². The lowest BCUT2D eigenvalue weighted by Gasteiger charge is -2.01. The second-order valence-corrected chi connectivity index (χ2v) is 3.09. The van der Waals surface area contributed by atoms with Crippen LogP contribution < -0.4 is 0 Å². The van der Waals surface area contributed by atoms with Crippen LogP contribution in [0, 0.1) is 0 Å². The summed E-state index contributed by atoms with van der Waals surface area (Å²) in [6.45, 7) is 0. The highest BCUT2D eigenvalue weighted by Gasteiger charge is 2.01. The number of carbonyl (C=O) groups excluding carboxylic acids is 1. The third kappa shape index (κ3) is 1.85. The van der Waals surface area contributed by atoms with Gasteiger partial charge in [0, 0.05) is 13.2 Å². The molecule has 0 saturated carbocycles. The van der Waals surface area contributed by atoms with Crippen molar-refractivity contribution in [3.05, 3.63) is 36.5 Å². The zero-order valence-corrected chi connectivity index (χ0v) is 8.21. The van der Waals surface area contributed by atoms with Gasteiger partial charge in [-0.1, -0.05) is 12.1 Å². The van der Waals surface area contributed by atoms with Crippen molar-refractivity contribution in [2.75, 3.05) is 0 Å². The molecular formula is C11H9N3O. The molecule has 0 saturated heterocycles. The quantitative estimate of drug-likeness (QED) is 0.549. The van der Waals surface area contributed by atoms with Gasteiger partial charge in [-0.2, -0.15) is 10.1 Å². The summed E-state index contributed by atoms with van der Waals surface area (Å²) in [5, 5.41) is 4.08. The molecule has 0 radical (unpaired) electrons. The van der Waals surface area contributed by atoms with Gasteiger partial charge in [-0.3, -0.25) is 4.68 Å². The Hall–Kier alpha value is -2.19. The molecule has 0 aliphatic carbocycles. The van der Waals surface area contributed by atoms with E-state index >= 15 is 0 Å². The third-order valence-electron chi connectivity index (χ3n) is 2.16. The van der Waals surface area contributed by atoms with Crippen LogP contribution in [0.4, 0.5) is 5.69 Å². The van der Waals surface area contributed by atoms with Crippen LogP contribution in [0.15, 0.2) is 41.5 Å². The summed E-state index contributed by atoms with van der Waals surface area (Å²) >= 11 is 0. The number of isocyanates is 1. The normalized spacial score (nSPS) is 9.67. The lowest BCUT2D eigenvalue weighted by molar-refractivity contribution is 0.565. The van der Waals surface area contributed by atoms with Crippen LogP contribution in [0.2, 0.25) is 0 Å². The van der Waals surface area contributed by atoms with Crippen LogP contribution in [-0.2, 0) is 11.8 Å². The highest BCUT2D eigenvalue weighted by molar-refractivity contribution is 5.62. The molecule has 0 aliphatic heterocycles. The second-order valence-electron chi connectivity index (χ2n) is 3.09. The predicted molar refractivity (Wildman–Crippen MR) is 56.4 cm³/mol. The maximum atomic E-state index is 10.0. The Balaban J connectivity index is 2.40. The molecule has 0 fully saturated rings. The number of benzene rings is 1. The summed E-state index contributed by atoms with van der Waals surface area (Å²) < 4.78 is 1.79. The topological polar surface area (TPSA) is 47.2 Å². The molecule has 0 aliphatic rings. The maximum Gasteiger partial charge on any atom is 0.240 e. The molecule has 2 rings (SSSR count). The lowest BCUT2D eigenvalue weighted by Crippen LogP contribution is -1.92. The largest absolute Gasteiger partial charge is 0.268 e. The molecule has 0 bridgehead atoms. The number of aliphatic imine (C=N–C) groups is 1. The van der Waals surface area contributed by atoms with Crippen molar-refractivity contribution in [2.45, 2.75) is 0 Å². The first-order chi connectivity index (χ1) is 7.31. The van der Waals surface area contributed by atoms with E-state index in [0.29, 0.717) is 5.69 Å². The summed E-state index contributed by atoms with van der Waals surface area (Å²) in [7, 11) is 1.88. The monoisotopic (exact) mass is 199 g/mol. The summed E-state index contributed by atoms with van der Waals surface area (Å²) in [5.74, 6) is 0. The predicted octanol–water partition coefficient (Wildman–Crippen LogP) is 2.05. The van der Waals surface area contributed by atoms with Crippen LogP contribution in [0.25, 0.3) is 11.3 Å². The highest BCUT2D eigenvalue weighted by atomic mass is 16.1. The maximum absolute atomic E-state index is 10.0. The van der Waals surface area contributed by atoms with Gasteiger partial charge in [0.25, 0.3) is 0 Å². The fraction of sp³-hybridized carbons (Fsp3) is 0.0909. The molecule has 1 aromatic heterocycles.